The molecule has 0 spiro atoms. The van der Waals surface area contributed by atoms with E-state index in [9.17, 15) is 19.0 Å². The number of nitrogens with one attached hydrogen (secondary N) is 1. The average Bonchev–Trinajstić information content (AvgIpc) is 3.78. The molecule has 3 saturated heterocycles. The van der Waals surface area contributed by atoms with Crippen LogP contribution in [0.25, 0.3) is 22.2 Å². The second-order valence-corrected chi connectivity index (χ2v) is 17.5. The van der Waals surface area contributed by atoms with E-state index in [1.54, 1.807) is 10.8 Å². The summed E-state index contributed by atoms with van der Waals surface area (Å²) in [6, 6.07) is 0. The zero-order valence-corrected chi connectivity index (χ0v) is 35.2. The Balaban J connectivity index is 0.00000232. The normalized spacial score (nSPS) is 34.9. The number of halogens is 1. The molecule has 4 aliphatic rings. The summed E-state index contributed by atoms with van der Waals surface area (Å²) in [5.74, 6) is 0.632. The summed E-state index contributed by atoms with van der Waals surface area (Å²) in [5, 5.41) is 15.5. The maximum Gasteiger partial charge on any atom is 1.00 e. The molecule has 52 heavy (non-hydrogen) atoms. The van der Waals surface area contributed by atoms with Crippen LogP contribution < -0.4 is 75.7 Å². The molecule has 270 valence electrons. The maximum absolute atomic E-state index is 16.0. The van der Waals surface area contributed by atoms with Crippen molar-refractivity contribution in [2.75, 3.05) is 31.6 Å². The minimum Gasteiger partial charge on any atom is -0.660 e. The molecule has 26 heteroatoms. The number of hydrogen-bond acceptors (Lipinski definition) is 18. The van der Waals surface area contributed by atoms with Gasteiger partial charge in [-0.1, -0.05) is 0 Å². The molecule has 4 aromatic rings. The number of ether oxygens (including phenoxy) is 2. The second kappa shape index (κ2) is 16.2. The van der Waals surface area contributed by atoms with Gasteiger partial charge in [-0.3, -0.25) is 23.1 Å². The third-order valence-electron chi connectivity index (χ3n) is 8.94. The van der Waals surface area contributed by atoms with Crippen LogP contribution in [0, 0.1) is 0 Å². The van der Waals surface area contributed by atoms with Crippen molar-refractivity contribution >= 4 is 66.1 Å². The van der Waals surface area contributed by atoms with E-state index in [2.05, 4.69) is 25.3 Å². The van der Waals surface area contributed by atoms with Gasteiger partial charge in [-0.2, -0.15) is 0 Å². The Bertz CT molecular complexity index is 2120. The zero-order chi connectivity index (χ0) is 34.9. The second-order valence-electron chi connectivity index (χ2n) is 12.1. The molecular weight excluding hydrogens is 789 g/mol. The topological polar surface area (TPSA) is 231 Å². The van der Waals surface area contributed by atoms with Gasteiger partial charge in [0.1, 0.15) is 54.6 Å². The summed E-state index contributed by atoms with van der Waals surface area (Å²) in [4.78, 5) is 30.0. The largest absolute Gasteiger partial charge is 1.00 e. The fourth-order valence-corrected chi connectivity index (χ4v) is 9.48. The van der Waals surface area contributed by atoms with E-state index in [0.29, 0.717) is 17.9 Å². The van der Waals surface area contributed by atoms with E-state index >= 15 is 4.39 Å². The molecule has 10 atom stereocenters. The van der Waals surface area contributed by atoms with E-state index in [0.717, 1.165) is 23.9 Å². The van der Waals surface area contributed by atoms with Gasteiger partial charge in [0.2, 0.25) is 6.80 Å². The fourth-order valence-electron chi connectivity index (χ4n) is 6.66. The smallest absolute Gasteiger partial charge is 0.660 e. The molecule has 4 aromatic heterocycles. The fraction of sp³-hybridized carbons (Fsp3) is 0.577. The number of fused-ring (bicyclic) bond motifs is 4. The van der Waals surface area contributed by atoms with Crippen LogP contribution in [0.5, 0.6) is 0 Å². The van der Waals surface area contributed by atoms with Gasteiger partial charge < -0.3 is 72.8 Å². The van der Waals surface area contributed by atoms with Crippen molar-refractivity contribution in [1.82, 2.24) is 33.6 Å². The van der Waals surface area contributed by atoms with E-state index in [-0.39, 0.29) is 83.4 Å². The molecule has 0 amide bonds. The first-order chi connectivity index (χ1) is 23.9. The van der Waals surface area contributed by atoms with Crippen molar-refractivity contribution in [2.45, 2.75) is 68.5 Å². The van der Waals surface area contributed by atoms with Crippen LogP contribution in [0.15, 0.2) is 30.0 Å². The van der Waals surface area contributed by atoms with Gasteiger partial charge in [0, 0.05) is 25.8 Å². The summed E-state index contributed by atoms with van der Waals surface area (Å²) in [7, 11) is 0. The third kappa shape index (κ3) is 7.65. The number of rotatable bonds is 4. The molecular formula is C26H30FN9Na2O10P2S2. The first kappa shape index (κ1) is 41.2. The molecule has 0 aromatic carbocycles. The SMILES string of the molecule is NCCn1cnc2c(ncn2[C@@H]2O[C@@H]3COP(=O)([S-])O[C@H]4[C@@H](O)[C@H](n5cc6c7c(ncnc75)NCCC6)O[C@@H]4COP(=O)([S-])O[C@@H]2[C@@H]3F)c1=O.[Na+].[Na+]. The Labute approximate surface area is 349 Å². The van der Waals surface area contributed by atoms with Crippen LogP contribution in [-0.4, -0.2) is 102 Å². The summed E-state index contributed by atoms with van der Waals surface area (Å²) in [5.41, 5.74) is 6.40. The quantitative estimate of drug-likeness (QED) is 0.0994. The van der Waals surface area contributed by atoms with Gasteiger partial charge in [0.25, 0.3) is 5.56 Å². The minimum atomic E-state index is -4.56. The number of imidazole rings is 1. The molecule has 2 bridgehead atoms. The van der Waals surface area contributed by atoms with Crippen molar-refractivity contribution in [2.24, 2.45) is 5.73 Å². The molecule has 4 aliphatic heterocycles. The standard InChI is InChI=1S/C26H32FN9O10P2S2.2Na/c27-16-13-7-41-47(39,49)45-19-14(44-25(18(19)37)35-6-12-2-1-4-29-21-15(12)22(35)31-9-30-21)8-42-48(40,50)46-20(16)26(43-13)36-11-32-17-23(36)33-10-34(5-3-28)24(17)38;;/h6,9-11,13-14,16,18-20,25-26,37H,1-5,7-8,28H2,(H,39,49)(H,40,50)(H,29,30,31);;/q;2*+1/p-2/t13-,14-,16-,18-,19-,20-,25-,26-,47?,48?;;/m1../s1. The first-order valence-electron chi connectivity index (χ1n) is 15.6. The predicted molar refractivity (Wildman–Crippen MR) is 175 cm³/mol. The van der Waals surface area contributed by atoms with Crippen LogP contribution in [0.1, 0.15) is 24.4 Å². The van der Waals surface area contributed by atoms with E-state index in [4.69, 9.17) is 57.8 Å². The van der Waals surface area contributed by atoms with Gasteiger partial charge >= 0.3 is 59.1 Å². The minimum absolute atomic E-state index is 0. The van der Waals surface area contributed by atoms with Crippen molar-refractivity contribution < 1.29 is 105 Å². The zero-order valence-electron chi connectivity index (χ0n) is 27.8. The Hall–Kier alpha value is -0.460. The number of aryl methyl sites for hydroxylation is 1. The summed E-state index contributed by atoms with van der Waals surface area (Å²) >= 11 is 10.3. The van der Waals surface area contributed by atoms with Crippen molar-refractivity contribution in [3.05, 3.63) is 41.1 Å². The number of nitrogens with two attached hydrogens (primary N) is 1. The number of anilines is 1. The van der Waals surface area contributed by atoms with Crippen molar-refractivity contribution in [3.63, 3.8) is 0 Å². The molecule has 0 aliphatic carbocycles. The van der Waals surface area contributed by atoms with Crippen molar-refractivity contribution in [1.29, 1.82) is 0 Å². The van der Waals surface area contributed by atoms with E-state index in [1.165, 1.54) is 28.1 Å². The Morgan fingerprint density at radius 3 is 2.42 bits per heavy atom. The summed E-state index contributed by atoms with van der Waals surface area (Å²) < 4.78 is 81.6. The molecule has 3 fully saturated rings. The molecule has 19 nitrogen and oxygen atoms in total. The molecule has 0 radical (unpaired) electrons. The number of aliphatic hydroxyl groups is 1. The van der Waals surface area contributed by atoms with Crippen molar-refractivity contribution in [3.8, 4) is 0 Å². The Morgan fingerprint density at radius 2 is 1.67 bits per heavy atom. The number of hydrogen-bond donors (Lipinski definition) is 3. The van der Waals surface area contributed by atoms with Gasteiger partial charge in [-0.05, 0) is 18.4 Å². The maximum atomic E-state index is 16.0. The summed E-state index contributed by atoms with van der Waals surface area (Å²) in [6.45, 7) is -9.28. The predicted octanol–water partition coefficient (Wildman–Crippen LogP) is -5.02. The average molecular weight is 820 g/mol. The summed E-state index contributed by atoms with van der Waals surface area (Å²) in [6.07, 6.45) is -4.96. The Kier molecular flexibility index (Phi) is 12.8. The molecule has 4 N–H and O–H groups in total. The van der Waals surface area contributed by atoms with Crippen LogP contribution in [0.2, 0.25) is 0 Å². The molecule has 8 heterocycles. The van der Waals surface area contributed by atoms with E-state index < -0.39 is 81.5 Å². The van der Waals surface area contributed by atoms with Crippen LogP contribution in [0.4, 0.5) is 10.2 Å². The molecule has 8 rings (SSSR count). The van der Waals surface area contributed by atoms with Gasteiger partial charge in [0.15, 0.2) is 36.6 Å². The van der Waals surface area contributed by atoms with Crippen LogP contribution >= 0.6 is 13.6 Å². The number of alkyl halides is 1. The first-order valence-corrected chi connectivity index (χ1v) is 20.7. The van der Waals surface area contributed by atoms with Gasteiger partial charge in [-0.15, -0.1) is 0 Å². The molecule has 2 unspecified atom stereocenters. The van der Waals surface area contributed by atoms with Crippen LogP contribution in [-0.2, 0) is 74.2 Å². The Morgan fingerprint density at radius 1 is 0.962 bits per heavy atom. The number of nitrogens with zero attached hydrogens (tertiary/aromatic N) is 7. The monoisotopic (exact) mass is 819 g/mol. The number of aromatic nitrogens is 7. The molecule has 0 saturated carbocycles. The van der Waals surface area contributed by atoms with Gasteiger partial charge in [0.05, 0.1) is 24.9 Å². The van der Waals surface area contributed by atoms with E-state index in [1.807, 2.05) is 0 Å². The van der Waals surface area contributed by atoms with Crippen LogP contribution in [0.3, 0.4) is 0 Å². The number of aliphatic hydroxyl groups excluding tert-OH is 1. The third-order valence-corrected chi connectivity index (χ3v) is 12.0. The van der Waals surface area contributed by atoms with Gasteiger partial charge in [-0.25, -0.2) is 24.3 Å².